The van der Waals surface area contributed by atoms with Gasteiger partial charge in [0, 0.05) is 16.7 Å². The summed E-state index contributed by atoms with van der Waals surface area (Å²) < 4.78 is 0. The van der Waals surface area contributed by atoms with Crippen LogP contribution in [0.5, 0.6) is 0 Å². The molecule has 308 valence electrons. The fraction of sp³-hybridized carbons (Fsp3) is 0. The summed E-state index contributed by atoms with van der Waals surface area (Å²) in [4.78, 5) is 15.9. The molecule has 0 saturated heterocycles. The molecule has 1 heterocycles. The summed E-state index contributed by atoms with van der Waals surface area (Å²) >= 11 is 0. The van der Waals surface area contributed by atoms with E-state index in [0.29, 0.717) is 17.5 Å². The Morgan fingerprint density at radius 3 is 1.03 bits per heavy atom. The molecule has 0 aliphatic carbocycles. The van der Waals surface area contributed by atoms with Crippen LogP contribution in [0.4, 0.5) is 0 Å². The van der Waals surface area contributed by atoms with Crippen LogP contribution in [0.15, 0.2) is 249 Å². The zero-order valence-corrected chi connectivity index (χ0v) is 36.0. The lowest BCUT2D eigenvalue weighted by molar-refractivity contribution is 1.08. The van der Waals surface area contributed by atoms with Crippen LogP contribution in [0.3, 0.4) is 0 Å². The lowest BCUT2D eigenvalue weighted by atomic mass is 9.84. The minimum Gasteiger partial charge on any atom is -0.208 e. The third-order valence-corrected chi connectivity index (χ3v) is 12.8. The van der Waals surface area contributed by atoms with E-state index in [-0.39, 0.29) is 0 Å². The maximum Gasteiger partial charge on any atom is 0.164 e. The van der Waals surface area contributed by atoms with Crippen molar-refractivity contribution in [3.8, 4) is 89.8 Å². The standard InChI is InChI=1S/C63H41N3/c1-4-18-42(19-5-1)44-32-36-47(37-33-44)59-52-27-13-15-29-54(52)60(55-30-16-14-28-53(55)59)56-40-41-58(51-26-12-11-25-50(51)56)63-65-61(48-38-34-45(35-39-48)43-20-6-2-7-21-43)64-62(66-63)57-31-17-10-24-49(57)46-22-8-3-9-23-46/h1-41H. The van der Waals surface area contributed by atoms with Gasteiger partial charge in [0.1, 0.15) is 0 Å². The summed E-state index contributed by atoms with van der Waals surface area (Å²) in [5.41, 5.74) is 14.5. The van der Waals surface area contributed by atoms with E-state index < -0.39 is 0 Å². The number of aromatic nitrogens is 3. The number of hydrogen-bond donors (Lipinski definition) is 0. The Labute approximate surface area is 384 Å². The molecular weight excluding hydrogens is 799 g/mol. The zero-order chi connectivity index (χ0) is 43.8. The van der Waals surface area contributed by atoms with Crippen molar-refractivity contribution >= 4 is 32.3 Å². The average Bonchev–Trinajstić information content (AvgIpc) is 3.40. The molecule has 3 nitrogen and oxygen atoms in total. The minimum atomic E-state index is 0.620. The Kier molecular flexibility index (Phi) is 9.85. The first kappa shape index (κ1) is 38.9. The molecule has 0 atom stereocenters. The molecule has 66 heavy (non-hydrogen) atoms. The van der Waals surface area contributed by atoms with E-state index in [0.717, 1.165) is 55.3 Å². The third kappa shape index (κ3) is 7.00. The summed E-state index contributed by atoms with van der Waals surface area (Å²) in [5, 5.41) is 7.05. The summed E-state index contributed by atoms with van der Waals surface area (Å²) in [7, 11) is 0. The quantitative estimate of drug-likeness (QED) is 0.143. The third-order valence-electron chi connectivity index (χ3n) is 12.8. The number of fused-ring (bicyclic) bond motifs is 3. The average molecular weight is 840 g/mol. The summed E-state index contributed by atoms with van der Waals surface area (Å²) in [6, 6.07) is 88.4. The Morgan fingerprint density at radius 2 is 0.500 bits per heavy atom. The van der Waals surface area contributed by atoms with Crippen molar-refractivity contribution in [2.24, 2.45) is 0 Å². The Hall–Kier alpha value is -8.79. The molecule has 0 N–H and O–H groups in total. The predicted molar refractivity (Wildman–Crippen MR) is 276 cm³/mol. The van der Waals surface area contributed by atoms with Crippen LogP contribution in [0, 0.1) is 0 Å². The van der Waals surface area contributed by atoms with Crippen LogP contribution in [0.1, 0.15) is 0 Å². The highest BCUT2D eigenvalue weighted by atomic mass is 15.0. The molecule has 0 saturated carbocycles. The molecule has 12 rings (SSSR count). The van der Waals surface area contributed by atoms with Crippen molar-refractivity contribution in [2.45, 2.75) is 0 Å². The summed E-state index contributed by atoms with van der Waals surface area (Å²) in [6.07, 6.45) is 0. The molecule has 0 aliphatic rings. The number of benzene rings is 11. The Bertz CT molecular complexity index is 3660. The second-order valence-electron chi connectivity index (χ2n) is 16.7. The molecule has 12 aromatic rings. The molecule has 0 fully saturated rings. The van der Waals surface area contributed by atoms with E-state index in [1.165, 1.54) is 49.4 Å². The fourth-order valence-electron chi connectivity index (χ4n) is 9.64. The lowest BCUT2D eigenvalue weighted by Gasteiger charge is -2.20. The molecular formula is C63H41N3. The maximum atomic E-state index is 5.35. The Balaban J connectivity index is 1.05. The van der Waals surface area contributed by atoms with Crippen LogP contribution in [0.25, 0.3) is 122 Å². The first-order valence-electron chi connectivity index (χ1n) is 22.4. The molecule has 3 heteroatoms. The maximum absolute atomic E-state index is 5.35. The lowest BCUT2D eigenvalue weighted by Crippen LogP contribution is -2.02. The van der Waals surface area contributed by atoms with Crippen molar-refractivity contribution in [1.29, 1.82) is 0 Å². The van der Waals surface area contributed by atoms with Gasteiger partial charge in [0.15, 0.2) is 17.5 Å². The summed E-state index contributed by atoms with van der Waals surface area (Å²) in [6.45, 7) is 0. The Morgan fingerprint density at radius 1 is 0.167 bits per heavy atom. The topological polar surface area (TPSA) is 38.7 Å². The predicted octanol–water partition coefficient (Wildman–Crippen LogP) is 16.7. The van der Waals surface area contributed by atoms with Gasteiger partial charge >= 0.3 is 0 Å². The second kappa shape index (κ2) is 16.7. The normalized spacial score (nSPS) is 11.3. The van der Waals surface area contributed by atoms with Gasteiger partial charge < -0.3 is 0 Å². The fourth-order valence-corrected chi connectivity index (χ4v) is 9.64. The van der Waals surface area contributed by atoms with Gasteiger partial charge in [0.25, 0.3) is 0 Å². The smallest absolute Gasteiger partial charge is 0.164 e. The van der Waals surface area contributed by atoms with Gasteiger partial charge in [-0.05, 0) is 94.0 Å². The molecule has 11 aromatic carbocycles. The van der Waals surface area contributed by atoms with Gasteiger partial charge in [0.2, 0.25) is 0 Å². The van der Waals surface area contributed by atoms with Crippen LogP contribution in [-0.4, -0.2) is 15.0 Å². The van der Waals surface area contributed by atoms with Crippen molar-refractivity contribution < 1.29 is 0 Å². The van der Waals surface area contributed by atoms with Crippen LogP contribution < -0.4 is 0 Å². The van der Waals surface area contributed by atoms with Crippen molar-refractivity contribution in [1.82, 2.24) is 15.0 Å². The van der Waals surface area contributed by atoms with E-state index in [4.69, 9.17) is 15.0 Å². The van der Waals surface area contributed by atoms with Crippen LogP contribution in [-0.2, 0) is 0 Å². The van der Waals surface area contributed by atoms with E-state index in [1.54, 1.807) is 0 Å². The first-order valence-corrected chi connectivity index (χ1v) is 22.4. The van der Waals surface area contributed by atoms with Gasteiger partial charge in [-0.1, -0.05) is 243 Å². The van der Waals surface area contributed by atoms with Gasteiger partial charge in [-0.3, -0.25) is 0 Å². The van der Waals surface area contributed by atoms with E-state index in [2.05, 4.69) is 237 Å². The van der Waals surface area contributed by atoms with Crippen LogP contribution >= 0.6 is 0 Å². The SMILES string of the molecule is c1ccc(-c2ccc(-c3nc(-c4ccccc4-c4ccccc4)nc(-c4ccc(-c5c6ccccc6c(-c6ccc(-c7ccccc7)cc6)c6ccccc56)c5ccccc45)n3)cc2)cc1. The summed E-state index contributed by atoms with van der Waals surface area (Å²) in [5.74, 6) is 1.87. The van der Waals surface area contributed by atoms with Gasteiger partial charge in [-0.2, -0.15) is 0 Å². The minimum absolute atomic E-state index is 0.620. The monoisotopic (exact) mass is 839 g/mol. The van der Waals surface area contributed by atoms with E-state index in [1.807, 2.05) is 12.1 Å². The highest BCUT2D eigenvalue weighted by Crippen LogP contribution is 2.47. The highest BCUT2D eigenvalue weighted by Gasteiger charge is 2.21. The van der Waals surface area contributed by atoms with Gasteiger partial charge in [0.05, 0.1) is 0 Å². The van der Waals surface area contributed by atoms with E-state index >= 15 is 0 Å². The second-order valence-corrected chi connectivity index (χ2v) is 16.7. The highest BCUT2D eigenvalue weighted by molar-refractivity contribution is 6.24. The molecule has 0 radical (unpaired) electrons. The van der Waals surface area contributed by atoms with Crippen molar-refractivity contribution in [3.05, 3.63) is 249 Å². The van der Waals surface area contributed by atoms with Crippen LogP contribution in [0.2, 0.25) is 0 Å². The first-order chi connectivity index (χ1) is 32.7. The zero-order valence-electron chi connectivity index (χ0n) is 36.0. The number of hydrogen-bond acceptors (Lipinski definition) is 3. The van der Waals surface area contributed by atoms with Gasteiger partial charge in [-0.25, -0.2) is 15.0 Å². The number of nitrogens with zero attached hydrogens (tertiary/aromatic N) is 3. The molecule has 0 unspecified atom stereocenters. The number of rotatable bonds is 8. The van der Waals surface area contributed by atoms with Crippen molar-refractivity contribution in [2.75, 3.05) is 0 Å². The molecule has 0 aliphatic heterocycles. The molecule has 0 amide bonds. The molecule has 0 spiro atoms. The van der Waals surface area contributed by atoms with Crippen molar-refractivity contribution in [3.63, 3.8) is 0 Å². The molecule has 0 bridgehead atoms. The largest absolute Gasteiger partial charge is 0.208 e. The molecule has 1 aromatic heterocycles. The van der Waals surface area contributed by atoms with E-state index in [9.17, 15) is 0 Å². The van der Waals surface area contributed by atoms with Gasteiger partial charge in [-0.15, -0.1) is 0 Å².